The summed E-state index contributed by atoms with van der Waals surface area (Å²) >= 11 is 0. The number of carbonyl (C=O) groups is 1. The first kappa shape index (κ1) is 16.4. The molecule has 0 heterocycles. The smallest absolute Gasteiger partial charge is 0.280 e. The van der Waals surface area contributed by atoms with E-state index < -0.39 is 4.92 Å². The van der Waals surface area contributed by atoms with Crippen LogP contribution in [0, 0.1) is 10.1 Å². The van der Waals surface area contributed by atoms with Crippen molar-refractivity contribution in [3.8, 4) is 16.9 Å². The Kier molecular flexibility index (Phi) is 4.85. The van der Waals surface area contributed by atoms with Gasteiger partial charge >= 0.3 is 0 Å². The number of nitro groups is 1. The molecule has 0 unspecified atom stereocenters. The molecule has 0 bridgehead atoms. The van der Waals surface area contributed by atoms with Gasteiger partial charge in [-0.2, -0.15) is 0 Å². The summed E-state index contributed by atoms with van der Waals surface area (Å²) in [4.78, 5) is 21.6. The standard InChI is InChI=1S/C20H15NO4/c22-13-17-11-10-16(12-19(17)21(23)24)18-8-4-5-9-20(18)25-14-15-6-2-1-3-7-15/h1-13H,14H2. The topological polar surface area (TPSA) is 69.4 Å². The summed E-state index contributed by atoms with van der Waals surface area (Å²) in [7, 11) is 0. The van der Waals surface area contributed by atoms with Crippen LogP contribution in [-0.4, -0.2) is 11.2 Å². The minimum atomic E-state index is -0.555. The van der Waals surface area contributed by atoms with Crippen LogP contribution in [0.3, 0.4) is 0 Å². The van der Waals surface area contributed by atoms with Gasteiger partial charge in [0.15, 0.2) is 6.29 Å². The van der Waals surface area contributed by atoms with Crippen molar-refractivity contribution in [2.75, 3.05) is 0 Å². The Morgan fingerprint density at radius 2 is 1.68 bits per heavy atom. The van der Waals surface area contributed by atoms with Gasteiger partial charge in [0.1, 0.15) is 12.4 Å². The van der Waals surface area contributed by atoms with Gasteiger partial charge in [-0.05, 0) is 23.3 Å². The molecule has 3 rings (SSSR count). The summed E-state index contributed by atoms with van der Waals surface area (Å²) in [5.41, 5.74) is 2.22. The van der Waals surface area contributed by atoms with Gasteiger partial charge in [0.25, 0.3) is 5.69 Å². The lowest BCUT2D eigenvalue weighted by Crippen LogP contribution is -1.98. The van der Waals surface area contributed by atoms with E-state index in [2.05, 4.69) is 0 Å². The van der Waals surface area contributed by atoms with Gasteiger partial charge < -0.3 is 4.74 Å². The predicted octanol–water partition coefficient (Wildman–Crippen LogP) is 4.65. The van der Waals surface area contributed by atoms with Crippen molar-refractivity contribution in [3.63, 3.8) is 0 Å². The largest absolute Gasteiger partial charge is 0.488 e. The lowest BCUT2D eigenvalue weighted by atomic mass is 10.0. The highest BCUT2D eigenvalue weighted by molar-refractivity contribution is 5.84. The number of aldehydes is 1. The molecule has 0 spiro atoms. The Labute approximate surface area is 144 Å². The molecule has 0 amide bonds. The number of nitro benzene ring substituents is 1. The van der Waals surface area contributed by atoms with E-state index in [-0.39, 0.29) is 11.3 Å². The van der Waals surface area contributed by atoms with Gasteiger partial charge in [-0.3, -0.25) is 14.9 Å². The number of hydrogen-bond acceptors (Lipinski definition) is 4. The molecule has 0 aliphatic carbocycles. The Morgan fingerprint density at radius 3 is 2.40 bits per heavy atom. The number of benzene rings is 3. The zero-order chi connectivity index (χ0) is 17.6. The van der Waals surface area contributed by atoms with Crippen LogP contribution in [0.2, 0.25) is 0 Å². The van der Waals surface area contributed by atoms with Crippen molar-refractivity contribution < 1.29 is 14.5 Å². The summed E-state index contributed by atoms with van der Waals surface area (Å²) in [6, 6.07) is 21.6. The van der Waals surface area contributed by atoms with E-state index in [4.69, 9.17) is 4.74 Å². The average molecular weight is 333 g/mol. The molecule has 0 saturated heterocycles. The van der Waals surface area contributed by atoms with E-state index in [1.54, 1.807) is 6.07 Å². The van der Waals surface area contributed by atoms with Crippen LogP contribution in [-0.2, 0) is 6.61 Å². The zero-order valence-electron chi connectivity index (χ0n) is 13.3. The molecule has 0 aliphatic rings. The number of ether oxygens (including phenoxy) is 1. The fraction of sp³-hybridized carbons (Fsp3) is 0.0500. The van der Waals surface area contributed by atoms with Crippen LogP contribution in [0.25, 0.3) is 11.1 Å². The van der Waals surface area contributed by atoms with Gasteiger partial charge in [-0.25, -0.2) is 0 Å². The van der Waals surface area contributed by atoms with Crippen LogP contribution >= 0.6 is 0 Å². The van der Waals surface area contributed by atoms with Crippen molar-refractivity contribution in [1.29, 1.82) is 0 Å². The van der Waals surface area contributed by atoms with Crippen LogP contribution in [0.5, 0.6) is 5.75 Å². The Bertz CT molecular complexity index is 907. The van der Waals surface area contributed by atoms with Crippen LogP contribution < -0.4 is 4.74 Å². The first-order chi connectivity index (χ1) is 12.2. The highest BCUT2D eigenvalue weighted by Gasteiger charge is 2.16. The number of carbonyl (C=O) groups excluding carboxylic acids is 1. The molecule has 0 aromatic heterocycles. The summed E-state index contributed by atoms with van der Waals surface area (Å²) in [5, 5.41) is 11.2. The van der Waals surface area contributed by atoms with Gasteiger partial charge in [0, 0.05) is 11.6 Å². The third kappa shape index (κ3) is 3.72. The monoisotopic (exact) mass is 333 g/mol. The SMILES string of the molecule is O=Cc1ccc(-c2ccccc2OCc2ccccc2)cc1[N+](=O)[O-]. The Balaban J connectivity index is 1.94. The van der Waals surface area contributed by atoms with Crippen molar-refractivity contribution in [2.24, 2.45) is 0 Å². The molecule has 0 saturated carbocycles. The molecule has 124 valence electrons. The Morgan fingerprint density at radius 1 is 0.960 bits per heavy atom. The lowest BCUT2D eigenvalue weighted by Gasteiger charge is -2.12. The number of rotatable bonds is 6. The van der Waals surface area contributed by atoms with E-state index in [1.807, 2.05) is 54.6 Å². The lowest BCUT2D eigenvalue weighted by molar-refractivity contribution is -0.385. The van der Waals surface area contributed by atoms with Crippen molar-refractivity contribution in [1.82, 2.24) is 0 Å². The van der Waals surface area contributed by atoms with Crippen molar-refractivity contribution in [2.45, 2.75) is 6.61 Å². The molecule has 0 radical (unpaired) electrons. The molecule has 0 aliphatic heterocycles. The van der Waals surface area contributed by atoms with Crippen LogP contribution in [0.15, 0.2) is 72.8 Å². The molecule has 0 fully saturated rings. The molecule has 5 nitrogen and oxygen atoms in total. The highest BCUT2D eigenvalue weighted by Crippen LogP contribution is 2.33. The summed E-state index contributed by atoms with van der Waals surface area (Å²) in [5.74, 6) is 0.625. The van der Waals surface area contributed by atoms with E-state index in [9.17, 15) is 14.9 Å². The number of para-hydroxylation sites is 1. The molecular formula is C20H15NO4. The van der Waals surface area contributed by atoms with E-state index in [0.717, 1.165) is 11.1 Å². The maximum atomic E-state index is 11.2. The summed E-state index contributed by atoms with van der Waals surface area (Å²) in [6.07, 6.45) is 0.486. The quantitative estimate of drug-likeness (QED) is 0.374. The van der Waals surface area contributed by atoms with Gasteiger partial charge in [-0.15, -0.1) is 0 Å². The average Bonchev–Trinajstić information content (AvgIpc) is 2.67. The fourth-order valence-electron chi connectivity index (χ4n) is 2.54. The summed E-state index contributed by atoms with van der Waals surface area (Å²) in [6.45, 7) is 0.395. The highest BCUT2D eigenvalue weighted by atomic mass is 16.6. The minimum absolute atomic E-state index is 0.0523. The fourth-order valence-corrected chi connectivity index (χ4v) is 2.54. The maximum Gasteiger partial charge on any atom is 0.280 e. The predicted molar refractivity (Wildman–Crippen MR) is 94.7 cm³/mol. The molecule has 5 heteroatoms. The molecule has 3 aromatic carbocycles. The maximum absolute atomic E-state index is 11.2. The molecule has 25 heavy (non-hydrogen) atoms. The first-order valence-electron chi connectivity index (χ1n) is 7.69. The molecule has 3 aromatic rings. The summed E-state index contributed by atoms with van der Waals surface area (Å²) < 4.78 is 5.90. The third-order valence-electron chi connectivity index (χ3n) is 3.79. The van der Waals surface area contributed by atoms with Crippen LogP contribution in [0.1, 0.15) is 15.9 Å². The van der Waals surface area contributed by atoms with Gasteiger partial charge in [0.2, 0.25) is 0 Å². The second-order valence-electron chi connectivity index (χ2n) is 5.42. The van der Waals surface area contributed by atoms with Gasteiger partial charge in [0.05, 0.1) is 10.5 Å². The minimum Gasteiger partial charge on any atom is -0.488 e. The van der Waals surface area contributed by atoms with Crippen molar-refractivity contribution in [3.05, 3.63) is 94.0 Å². The van der Waals surface area contributed by atoms with E-state index in [1.165, 1.54) is 12.1 Å². The first-order valence-corrected chi connectivity index (χ1v) is 7.69. The van der Waals surface area contributed by atoms with E-state index in [0.29, 0.717) is 24.2 Å². The normalized spacial score (nSPS) is 10.2. The second kappa shape index (κ2) is 7.40. The third-order valence-corrected chi connectivity index (χ3v) is 3.79. The second-order valence-corrected chi connectivity index (χ2v) is 5.42. The molecule has 0 atom stereocenters. The van der Waals surface area contributed by atoms with Crippen molar-refractivity contribution >= 4 is 12.0 Å². The Hall–Kier alpha value is -3.47. The zero-order valence-corrected chi connectivity index (χ0v) is 13.3. The van der Waals surface area contributed by atoms with Gasteiger partial charge in [-0.1, -0.05) is 54.6 Å². The number of nitrogens with zero attached hydrogens (tertiary/aromatic N) is 1. The molecule has 0 N–H and O–H groups in total. The van der Waals surface area contributed by atoms with E-state index >= 15 is 0 Å². The molecular weight excluding hydrogens is 318 g/mol. The number of hydrogen-bond donors (Lipinski definition) is 0. The van der Waals surface area contributed by atoms with Crippen LogP contribution in [0.4, 0.5) is 5.69 Å².